The number of hydrogen-bond acceptors (Lipinski definition) is 5. The maximum atomic E-state index is 13.3. The number of amides is 2. The topological polar surface area (TPSA) is 110 Å². The van der Waals surface area contributed by atoms with Gasteiger partial charge in [0.1, 0.15) is 0 Å². The highest BCUT2D eigenvalue weighted by Crippen LogP contribution is 2.19. The Morgan fingerprint density at radius 2 is 1.48 bits per heavy atom. The first-order valence-corrected chi connectivity index (χ1v) is 8.20. The Hall–Kier alpha value is -3.95. The molecule has 0 unspecified atom stereocenters. The van der Waals surface area contributed by atoms with Crippen molar-refractivity contribution in [3.05, 3.63) is 76.9 Å². The molecule has 0 aliphatic rings. The van der Waals surface area contributed by atoms with Crippen molar-refractivity contribution < 1.29 is 22.8 Å². The summed E-state index contributed by atoms with van der Waals surface area (Å²) in [6, 6.07) is 5.63. The van der Waals surface area contributed by atoms with Crippen LogP contribution in [-0.2, 0) is 0 Å². The lowest BCUT2D eigenvalue weighted by atomic mass is 10.1. The van der Waals surface area contributed by atoms with Crippen molar-refractivity contribution in [1.29, 1.82) is 0 Å². The fourth-order valence-electron chi connectivity index (χ4n) is 2.44. The van der Waals surface area contributed by atoms with Gasteiger partial charge in [0.15, 0.2) is 17.5 Å². The summed E-state index contributed by atoms with van der Waals surface area (Å²) in [6.45, 7) is 1.69. The van der Waals surface area contributed by atoms with Crippen molar-refractivity contribution in [1.82, 2.24) is 9.97 Å². The van der Waals surface area contributed by atoms with Crippen LogP contribution in [0.3, 0.4) is 0 Å². The fraction of sp³-hybridized carbons (Fsp3) is 0.0526. The summed E-state index contributed by atoms with van der Waals surface area (Å²) >= 11 is 0. The first-order chi connectivity index (χ1) is 13.7. The second-order valence-corrected chi connectivity index (χ2v) is 6.02. The van der Waals surface area contributed by atoms with Crippen molar-refractivity contribution in [3.63, 3.8) is 0 Å². The fourth-order valence-corrected chi connectivity index (χ4v) is 2.44. The van der Waals surface area contributed by atoms with Crippen molar-refractivity contribution in [2.24, 2.45) is 0 Å². The number of benzene rings is 2. The molecule has 1 aromatic heterocycles. The molecule has 0 saturated heterocycles. The average Bonchev–Trinajstić information content (AvgIpc) is 2.68. The summed E-state index contributed by atoms with van der Waals surface area (Å²) < 4.78 is 39.7. The molecule has 0 atom stereocenters. The van der Waals surface area contributed by atoms with Crippen LogP contribution in [0.25, 0.3) is 0 Å². The quantitative estimate of drug-likeness (QED) is 0.581. The summed E-state index contributed by atoms with van der Waals surface area (Å²) in [5.74, 6) is -5.94. The third-order valence-electron chi connectivity index (χ3n) is 3.92. The molecule has 2 aromatic carbocycles. The summed E-state index contributed by atoms with van der Waals surface area (Å²) in [6.07, 6.45) is 2.66. The first kappa shape index (κ1) is 19.8. The van der Waals surface area contributed by atoms with Gasteiger partial charge in [0, 0.05) is 16.8 Å². The molecular weight excluding hydrogens is 387 g/mol. The molecule has 29 heavy (non-hydrogen) atoms. The van der Waals surface area contributed by atoms with E-state index in [0.717, 1.165) is 0 Å². The molecule has 0 bridgehead atoms. The normalized spacial score (nSPS) is 10.5. The lowest BCUT2D eigenvalue weighted by Crippen LogP contribution is -2.16. The van der Waals surface area contributed by atoms with E-state index in [0.29, 0.717) is 23.4 Å². The number of rotatable bonds is 4. The van der Waals surface area contributed by atoms with E-state index in [1.54, 1.807) is 13.0 Å². The minimum absolute atomic E-state index is 0.0533. The summed E-state index contributed by atoms with van der Waals surface area (Å²) in [5.41, 5.74) is 6.33. The van der Waals surface area contributed by atoms with Crippen LogP contribution in [0.2, 0.25) is 0 Å². The Morgan fingerprint density at radius 3 is 2.10 bits per heavy atom. The van der Waals surface area contributed by atoms with E-state index in [9.17, 15) is 22.8 Å². The predicted molar refractivity (Wildman–Crippen MR) is 99.8 cm³/mol. The maximum absolute atomic E-state index is 13.3. The number of nitrogens with one attached hydrogen (secondary N) is 2. The standard InChI is InChI=1S/C19H14F3N5O2/c1-9-2-3-11(26-17(28)10-4-14(20)16(22)15(21)5-10)6-13(9)18(29)27-12-7-24-19(23)25-8-12/h2-8H,1H3,(H,26,28)(H,27,29)(H2,23,24,25). The molecule has 2 amide bonds. The molecule has 3 aromatic rings. The second-order valence-electron chi connectivity index (χ2n) is 6.02. The van der Waals surface area contributed by atoms with E-state index >= 15 is 0 Å². The van der Waals surface area contributed by atoms with Crippen molar-refractivity contribution in [2.45, 2.75) is 6.92 Å². The van der Waals surface area contributed by atoms with Gasteiger partial charge in [-0.1, -0.05) is 6.07 Å². The Kier molecular flexibility index (Phi) is 5.44. The Balaban J connectivity index is 1.80. The largest absolute Gasteiger partial charge is 0.368 e. The zero-order valence-corrected chi connectivity index (χ0v) is 15.0. The maximum Gasteiger partial charge on any atom is 0.256 e. The molecule has 4 N–H and O–H groups in total. The van der Waals surface area contributed by atoms with Gasteiger partial charge in [-0.15, -0.1) is 0 Å². The third kappa shape index (κ3) is 4.49. The minimum Gasteiger partial charge on any atom is -0.368 e. The molecule has 0 radical (unpaired) electrons. The van der Waals surface area contributed by atoms with Gasteiger partial charge in [0.25, 0.3) is 11.8 Å². The number of aryl methyl sites for hydroxylation is 1. The zero-order valence-electron chi connectivity index (χ0n) is 15.0. The molecule has 0 aliphatic carbocycles. The molecule has 0 aliphatic heterocycles. The summed E-state index contributed by atoms with van der Waals surface area (Å²) in [5, 5.41) is 5.00. The van der Waals surface area contributed by atoms with Gasteiger partial charge < -0.3 is 16.4 Å². The lowest BCUT2D eigenvalue weighted by molar-refractivity contribution is 0.101. The average molecular weight is 401 g/mol. The summed E-state index contributed by atoms with van der Waals surface area (Å²) in [7, 11) is 0. The van der Waals surface area contributed by atoms with Crippen LogP contribution in [0.15, 0.2) is 42.7 Å². The van der Waals surface area contributed by atoms with E-state index in [2.05, 4.69) is 20.6 Å². The predicted octanol–water partition coefficient (Wildman–Crippen LogP) is 3.29. The second kappa shape index (κ2) is 7.97. The smallest absolute Gasteiger partial charge is 0.256 e. The number of nitrogens with zero attached hydrogens (tertiary/aromatic N) is 2. The van der Waals surface area contributed by atoms with Crippen LogP contribution in [0.5, 0.6) is 0 Å². The van der Waals surface area contributed by atoms with E-state index in [4.69, 9.17) is 5.73 Å². The monoisotopic (exact) mass is 401 g/mol. The number of hydrogen-bond donors (Lipinski definition) is 3. The van der Waals surface area contributed by atoms with Gasteiger partial charge in [-0.2, -0.15) is 0 Å². The van der Waals surface area contributed by atoms with Gasteiger partial charge >= 0.3 is 0 Å². The van der Waals surface area contributed by atoms with Crippen LogP contribution in [0.4, 0.5) is 30.5 Å². The number of anilines is 3. The first-order valence-electron chi connectivity index (χ1n) is 8.20. The molecular formula is C19H14F3N5O2. The SMILES string of the molecule is Cc1ccc(NC(=O)c2cc(F)c(F)c(F)c2)cc1C(=O)Nc1cnc(N)nc1. The highest BCUT2D eigenvalue weighted by Gasteiger charge is 2.16. The number of halogens is 3. The van der Waals surface area contributed by atoms with Gasteiger partial charge in [0.2, 0.25) is 5.95 Å². The van der Waals surface area contributed by atoms with Crippen LogP contribution >= 0.6 is 0 Å². The number of carbonyl (C=O) groups is 2. The van der Waals surface area contributed by atoms with Crippen LogP contribution < -0.4 is 16.4 Å². The third-order valence-corrected chi connectivity index (χ3v) is 3.92. The highest BCUT2D eigenvalue weighted by molar-refractivity contribution is 6.08. The number of carbonyl (C=O) groups excluding carboxylic acids is 2. The Labute approximate surface area is 162 Å². The van der Waals surface area contributed by atoms with Gasteiger partial charge in [-0.25, -0.2) is 23.1 Å². The summed E-state index contributed by atoms with van der Waals surface area (Å²) in [4.78, 5) is 32.3. The van der Waals surface area contributed by atoms with Crippen LogP contribution in [0, 0.1) is 24.4 Å². The van der Waals surface area contributed by atoms with Gasteiger partial charge in [-0.05, 0) is 36.8 Å². The molecule has 1 heterocycles. The Bertz CT molecular complexity index is 1080. The van der Waals surface area contributed by atoms with Gasteiger partial charge in [-0.3, -0.25) is 9.59 Å². The molecule has 7 nitrogen and oxygen atoms in total. The van der Waals surface area contributed by atoms with E-state index < -0.39 is 34.8 Å². The van der Waals surface area contributed by atoms with Crippen LogP contribution in [-0.4, -0.2) is 21.8 Å². The number of nitrogens with two attached hydrogens (primary N) is 1. The molecule has 0 saturated carbocycles. The molecule has 148 valence electrons. The van der Waals surface area contributed by atoms with E-state index in [1.165, 1.54) is 24.5 Å². The van der Waals surface area contributed by atoms with Gasteiger partial charge in [0.05, 0.1) is 18.1 Å². The number of aromatic nitrogens is 2. The van der Waals surface area contributed by atoms with Crippen molar-refractivity contribution >= 4 is 29.1 Å². The van der Waals surface area contributed by atoms with Crippen molar-refractivity contribution in [3.8, 4) is 0 Å². The highest BCUT2D eigenvalue weighted by atomic mass is 19.2. The van der Waals surface area contributed by atoms with Crippen molar-refractivity contribution in [2.75, 3.05) is 16.4 Å². The number of nitrogen functional groups attached to an aromatic ring is 1. The molecule has 10 heteroatoms. The lowest BCUT2D eigenvalue weighted by Gasteiger charge is -2.11. The Morgan fingerprint density at radius 1 is 0.897 bits per heavy atom. The molecule has 0 fully saturated rings. The zero-order chi connectivity index (χ0) is 21.1. The molecule has 0 spiro atoms. The molecule has 3 rings (SSSR count). The van der Waals surface area contributed by atoms with E-state index in [-0.39, 0.29) is 17.2 Å². The van der Waals surface area contributed by atoms with Crippen LogP contribution in [0.1, 0.15) is 26.3 Å². The van der Waals surface area contributed by atoms with E-state index in [1.807, 2.05) is 0 Å². The minimum atomic E-state index is -1.66.